The Morgan fingerprint density at radius 3 is 2.79 bits per heavy atom. The summed E-state index contributed by atoms with van der Waals surface area (Å²) in [6, 6.07) is 9.20. The minimum atomic E-state index is 0.669. The van der Waals surface area contributed by atoms with Crippen LogP contribution in [0.4, 0.5) is 0 Å². The second-order valence-electron chi connectivity index (χ2n) is 5.43. The fraction of sp³-hybridized carbons (Fsp3) is 0.625. The fourth-order valence-electron chi connectivity index (χ4n) is 2.44. The van der Waals surface area contributed by atoms with Crippen LogP contribution in [0.3, 0.4) is 0 Å². The monoisotopic (exact) mass is 341 g/mol. The molecule has 1 N–H and O–H groups in total. The summed E-state index contributed by atoms with van der Waals surface area (Å²) < 4.78 is 1.22. The third-order valence-electron chi connectivity index (χ3n) is 3.80. The Morgan fingerprint density at radius 1 is 1.37 bits per heavy atom. The van der Waals surface area contributed by atoms with Crippen LogP contribution in [0.1, 0.15) is 39.0 Å². The van der Waals surface area contributed by atoms with Gasteiger partial charge < -0.3 is 5.32 Å². The molecule has 1 aromatic carbocycles. The number of benzene rings is 1. The summed E-state index contributed by atoms with van der Waals surface area (Å²) in [6.45, 7) is 3.39. The molecule has 1 atom stereocenters. The van der Waals surface area contributed by atoms with E-state index < -0.39 is 0 Å². The Balaban J connectivity index is 1.82. The van der Waals surface area contributed by atoms with Gasteiger partial charge in [0.15, 0.2) is 0 Å². The number of thioether (sulfide) groups is 1. The maximum absolute atomic E-state index is 3.72. The van der Waals surface area contributed by atoms with Crippen molar-refractivity contribution in [2.45, 2.75) is 50.0 Å². The zero-order valence-corrected chi connectivity index (χ0v) is 14.1. The van der Waals surface area contributed by atoms with Crippen LogP contribution in [-0.2, 0) is 0 Å². The molecule has 0 amide bonds. The number of halogens is 1. The highest BCUT2D eigenvalue weighted by molar-refractivity contribution is 9.10. The molecule has 0 saturated heterocycles. The largest absolute Gasteiger partial charge is 0.313 e. The lowest BCUT2D eigenvalue weighted by molar-refractivity contribution is 0.268. The smallest absolute Gasteiger partial charge is 0.0311 e. The van der Waals surface area contributed by atoms with Crippen molar-refractivity contribution in [3.8, 4) is 0 Å². The van der Waals surface area contributed by atoms with E-state index in [2.05, 4.69) is 52.4 Å². The Bertz CT molecular complexity index is 379. The van der Waals surface area contributed by atoms with Crippen molar-refractivity contribution in [2.24, 2.45) is 5.92 Å². The quantitative estimate of drug-likeness (QED) is 0.660. The van der Waals surface area contributed by atoms with Gasteiger partial charge in [-0.2, -0.15) is 0 Å². The van der Waals surface area contributed by atoms with E-state index in [9.17, 15) is 0 Å². The standard InChI is InChI=1S/C16H24BrNS/c1-2-10-18-14(11-13-6-5-7-13)12-19-16-9-4-3-8-15(16)17/h3-4,8-9,13-14,18H,2,5-7,10-12H2,1H3. The molecule has 0 heterocycles. The molecule has 1 unspecified atom stereocenters. The molecule has 0 aliphatic heterocycles. The molecule has 3 heteroatoms. The summed E-state index contributed by atoms with van der Waals surface area (Å²) in [4.78, 5) is 1.36. The average molecular weight is 342 g/mol. The lowest BCUT2D eigenvalue weighted by Crippen LogP contribution is -2.35. The summed E-state index contributed by atoms with van der Waals surface area (Å²) >= 11 is 5.61. The van der Waals surface area contributed by atoms with E-state index >= 15 is 0 Å². The van der Waals surface area contributed by atoms with Gasteiger partial charge in [0.05, 0.1) is 0 Å². The average Bonchev–Trinajstić information content (AvgIpc) is 2.37. The van der Waals surface area contributed by atoms with E-state index in [1.54, 1.807) is 0 Å². The highest BCUT2D eigenvalue weighted by atomic mass is 79.9. The SMILES string of the molecule is CCCNC(CSc1ccccc1Br)CC1CCC1. The van der Waals surface area contributed by atoms with Crippen molar-refractivity contribution in [1.82, 2.24) is 5.32 Å². The van der Waals surface area contributed by atoms with Gasteiger partial charge in [-0.15, -0.1) is 11.8 Å². The Kier molecular flexibility index (Phi) is 6.75. The number of hydrogen-bond donors (Lipinski definition) is 1. The van der Waals surface area contributed by atoms with Crippen molar-refractivity contribution in [3.63, 3.8) is 0 Å². The summed E-state index contributed by atoms with van der Waals surface area (Å²) in [6.07, 6.45) is 6.93. The van der Waals surface area contributed by atoms with Gasteiger partial charge >= 0.3 is 0 Å². The van der Waals surface area contributed by atoms with Crippen LogP contribution < -0.4 is 5.32 Å². The molecule has 2 rings (SSSR count). The Morgan fingerprint density at radius 2 is 2.16 bits per heavy atom. The molecule has 0 aromatic heterocycles. The minimum Gasteiger partial charge on any atom is -0.313 e. The predicted molar refractivity (Wildman–Crippen MR) is 88.9 cm³/mol. The minimum absolute atomic E-state index is 0.669. The maximum Gasteiger partial charge on any atom is 0.0311 e. The molecule has 0 spiro atoms. The summed E-state index contributed by atoms with van der Waals surface area (Å²) in [5, 5.41) is 3.72. The van der Waals surface area contributed by atoms with E-state index in [1.165, 1.54) is 47.2 Å². The zero-order chi connectivity index (χ0) is 13.5. The van der Waals surface area contributed by atoms with Crippen molar-refractivity contribution in [1.29, 1.82) is 0 Å². The second-order valence-corrected chi connectivity index (χ2v) is 7.34. The van der Waals surface area contributed by atoms with E-state index in [1.807, 2.05) is 11.8 Å². The van der Waals surface area contributed by atoms with Gasteiger partial charge in [-0.3, -0.25) is 0 Å². The normalized spacial score (nSPS) is 17.2. The van der Waals surface area contributed by atoms with Gasteiger partial charge in [-0.25, -0.2) is 0 Å². The topological polar surface area (TPSA) is 12.0 Å². The fourth-order valence-corrected chi connectivity index (χ4v) is 4.09. The molecule has 1 aliphatic carbocycles. The number of hydrogen-bond acceptors (Lipinski definition) is 2. The second kappa shape index (κ2) is 8.33. The number of nitrogens with one attached hydrogen (secondary N) is 1. The third-order valence-corrected chi connectivity index (χ3v) is 5.99. The van der Waals surface area contributed by atoms with Crippen LogP contribution in [-0.4, -0.2) is 18.3 Å². The Hall–Kier alpha value is 0.01000. The van der Waals surface area contributed by atoms with Gasteiger partial charge in [-0.05, 0) is 53.4 Å². The van der Waals surface area contributed by atoms with Gasteiger partial charge in [0.1, 0.15) is 0 Å². The van der Waals surface area contributed by atoms with E-state index in [-0.39, 0.29) is 0 Å². The van der Waals surface area contributed by atoms with Crippen LogP contribution in [0.5, 0.6) is 0 Å². The highest BCUT2D eigenvalue weighted by Crippen LogP contribution is 2.33. The van der Waals surface area contributed by atoms with Crippen molar-refractivity contribution >= 4 is 27.7 Å². The first-order chi connectivity index (χ1) is 9.29. The molecular formula is C16H24BrNS. The number of rotatable bonds is 8. The van der Waals surface area contributed by atoms with Crippen LogP contribution in [0.15, 0.2) is 33.6 Å². The van der Waals surface area contributed by atoms with Crippen LogP contribution in [0.2, 0.25) is 0 Å². The lowest BCUT2D eigenvalue weighted by atomic mass is 9.81. The molecule has 1 saturated carbocycles. The first-order valence-corrected chi connectivity index (χ1v) is 9.18. The Labute approximate surface area is 130 Å². The molecule has 1 nitrogen and oxygen atoms in total. The van der Waals surface area contributed by atoms with E-state index in [0.717, 1.165) is 12.5 Å². The van der Waals surface area contributed by atoms with E-state index in [0.29, 0.717) is 6.04 Å². The molecule has 19 heavy (non-hydrogen) atoms. The van der Waals surface area contributed by atoms with Gasteiger partial charge in [0.25, 0.3) is 0 Å². The van der Waals surface area contributed by atoms with Crippen molar-refractivity contribution in [3.05, 3.63) is 28.7 Å². The zero-order valence-electron chi connectivity index (χ0n) is 11.7. The maximum atomic E-state index is 3.72. The molecule has 1 fully saturated rings. The first-order valence-electron chi connectivity index (χ1n) is 7.40. The molecule has 1 aromatic rings. The van der Waals surface area contributed by atoms with Crippen molar-refractivity contribution in [2.75, 3.05) is 12.3 Å². The van der Waals surface area contributed by atoms with Crippen molar-refractivity contribution < 1.29 is 0 Å². The lowest BCUT2D eigenvalue weighted by Gasteiger charge is -2.30. The molecule has 106 valence electrons. The van der Waals surface area contributed by atoms with Gasteiger partial charge in [0, 0.05) is 21.2 Å². The highest BCUT2D eigenvalue weighted by Gasteiger charge is 2.21. The van der Waals surface area contributed by atoms with Crippen LogP contribution in [0.25, 0.3) is 0 Å². The van der Waals surface area contributed by atoms with Crippen LogP contribution in [0, 0.1) is 5.92 Å². The summed E-state index contributed by atoms with van der Waals surface area (Å²) in [5.41, 5.74) is 0. The summed E-state index contributed by atoms with van der Waals surface area (Å²) in [7, 11) is 0. The van der Waals surface area contributed by atoms with Gasteiger partial charge in [-0.1, -0.05) is 38.3 Å². The molecule has 0 radical (unpaired) electrons. The third kappa shape index (κ3) is 5.13. The predicted octanol–water partition coefficient (Wildman–Crippen LogP) is 5.10. The van der Waals surface area contributed by atoms with E-state index in [4.69, 9.17) is 0 Å². The molecule has 0 bridgehead atoms. The van der Waals surface area contributed by atoms with Crippen LogP contribution >= 0.6 is 27.7 Å². The summed E-state index contributed by atoms with van der Waals surface area (Å²) in [5.74, 6) is 2.16. The molecule has 1 aliphatic rings. The van der Waals surface area contributed by atoms with Gasteiger partial charge in [0.2, 0.25) is 0 Å². The molecular weight excluding hydrogens is 318 g/mol. The first kappa shape index (κ1) is 15.4.